The van der Waals surface area contributed by atoms with Crippen LogP contribution in [0.2, 0.25) is 10.0 Å². The van der Waals surface area contributed by atoms with E-state index in [0.717, 1.165) is 0 Å². The number of rotatable bonds is 6. The van der Waals surface area contributed by atoms with E-state index < -0.39 is 15.3 Å². The molecule has 1 amide bonds. The van der Waals surface area contributed by atoms with Crippen molar-refractivity contribution in [2.45, 2.75) is 22.1 Å². The molecule has 7 nitrogen and oxygen atoms in total. The monoisotopic (exact) mass is 475 g/mol. The summed E-state index contributed by atoms with van der Waals surface area (Å²) >= 11 is 13.2. The van der Waals surface area contributed by atoms with Gasteiger partial charge in [-0.15, -0.1) is 0 Å². The van der Waals surface area contributed by atoms with Gasteiger partial charge in [0.25, 0.3) is 0 Å². The lowest BCUT2D eigenvalue weighted by molar-refractivity contribution is -0.115. The fourth-order valence-electron chi connectivity index (χ4n) is 2.59. The number of nitrogens with one attached hydrogen (secondary N) is 1. The van der Waals surface area contributed by atoms with Gasteiger partial charge in [-0.3, -0.25) is 4.79 Å². The lowest BCUT2D eigenvalue weighted by Gasteiger charge is -2.25. The van der Waals surface area contributed by atoms with Crippen molar-refractivity contribution in [1.29, 1.82) is 0 Å². The van der Waals surface area contributed by atoms with Gasteiger partial charge in [-0.2, -0.15) is 4.31 Å². The second-order valence-electron chi connectivity index (χ2n) is 6.22. The molecule has 0 saturated carbocycles. The van der Waals surface area contributed by atoms with Crippen LogP contribution in [0.4, 0.5) is 5.69 Å². The van der Waals surface area contributed by atoms with E-state index in [2.05, 4.69) is 10.3 Å². The van der Waals surface area contributed by atoms with Gasteiger partial charge >= 0.3 is 0 Å². The van der Waals surface area contributed by atoms with Crippen LogP contribution in [0.3, 0.4) is 0 Å². The zero-order chi connectivity index (χ0) is 21.0. The molecule has 29 heavy (non-hydrogen) atoms. The molecule has 1 aromatic carbocycles. The highest BCUT2D eigenvalue weighted by molar-refractivity contribution is 8.00. The summed E-state index contributed by atoms with van der Waals surface area (Å²) in [5.41, 5.74) is 0.427. The van der Waals surface area contributed by atoms with Gasteiger partial charge in [0.2, 0.25) is 15.9 Å². The summed E-state index contributed by atoms with van der Waals surface area (Å²) in [6, 6.07) is 7.90. The number of ether oxygens (including phenoxy) is 1. The maximum Gasteiger partial charge on any atom is 0.244 e. The van der Waals surface area contributed by atoms with Crippen molar-refractivity contribution >= 4 is 56.6 Å². The number of thioether (sulfide) groups is 1. The number of halogens is 2. The predicted molar refractivity (Wildman–Crippen MR) is 114 cm³/mol. The van der Waals surface area contributed by atoms with E-state index in [1.807, 2.05) is 0 Å². The second kappa shape index (κ2) is 9.63. The number of hydrogen-bond donors (Lipinski definition) is 1. The van der Waals surface area contributed by atoms with Gasteiger partial charge in [-0.1, -0.05) is 35.0 Å². The maximum absolute atomic E-state index is 12.6. The zero-order valence-corrected chi connectivity index (χ0v) is 18.6. The maximum atomic E-state index is 12.6. The third-order valence-corrected chi connectivity index (χ3v) is 7.67. The minimum absolute atomic E-state index is 0.117. The Morgan fingerprint density at radius 3 is 2.62 bits per heavy atom. The van der Waals surface area contributed by atoms with Crippen molar-refractivity contribution in [2.75, 3.05) is 31.6 Å². The number of nitrogens with zero attached hydrogens (tertiary/aromatic N) is 2. The zero-order valence-electron chi connectivity index (χ0n) is 15.5. The number of carbonyl (C=O) groups excluding carboxylic acids is 1. The van der Waals surface area contributed by atoms with Crippen molar-refractivity contribution in [1.82, 2.24) is 9.29 Å². The van der Waals surface area contributed by atoms with Crippen molar-refractivity contribution in [3.05, 3.63) is 46.6 Å². The Balaban J connectivity index is 1.64. The smallest absolute Gasteiger partial charge is 0.244 e. The molecule has 2 heterocycles. The molecule has 0 unspecified atom stereocenters. The van der Waals surface area contributed by atoms with E-state index in [0.29, 0.717) is 47.1 Å². The first-order valence-electron chi connectivity index (χ1n) is 8.74. The Kier molecular flexibility index (Phi) is 7.42. The third kappa shape index (κ3) is 5.62. The molecule has 0 bridgehead atoms. The van der Waals surface area contributed by atoms with Crippen LogP contribution in [0.1, 0.15) is 6.92 Å². The molecule has 1 N–H and O–H groups in total. The standard InChI is InChI=1S/C18H19Cl2N3O4S2/c1-12(18(24)22-16-10-13(19)2-4-15(16)20)28-17-5-3-14(11-21-17)29(25,26)23-6-8-27-9-7-23/h2-5,10-12H,6-9H2,1H3,(H,22,24)/t12-/m0/s1. The van der Waals surface area contributed by atoms with Gasteiger partial charge in [0, 0.05) is 24.3 Å². The van der Waals surface area contributed by atoms with Gasteiger partial charge in [-0.05, 0) is 37.3 Å². The lowest BCUT2D eigenvalue weighted by Crippen LogP contribution is -2.40. The van der Waals surface area contributed by atoms with Gasteiger partial charge in [-0.25, -0.2) is 13.4 Å². The van der Waals surface area contributed by atoms with Crippen molar-refractivity contribution < 1.29 is 17.9 Å². The van der Waals surface area contributed by atoms with Crippen molar-refractivity contribution in [2.24, 2.45) is 0 Å². The van der Waals surface area contributed by atoms with Gasteiger partial charge in [0.05, 0.1) is 34.2 Å². The fraction of sp³-hybridized carbons (Fsp3) is 0.333. The normalized spacial score (nSPS) is 16.4. The average Bonchev–Trinajstić information content (AvgIpc) is 2.71. The first-order valence-corrected chi connectivity index (χ1v) is 11.8. The summed E-state index contributed by atoms with van der Waals surface area (Å²) in [4.78, 5) is 16.8. The Morgan fingerprint density at radius 2 is 1.97 bits per heavy atom. The van der Waals surface area contributed by atoms with Crippen molar-refractivity contribution in [3.63, 3.8) is 0 Å². The summed E-state index contributed by atoms with van der Waals surface area (Å²) in [6.45, 7) is 3.12. The fourth-order valence-corrected chi connectivity index (χ4v) is 5.07. The molecule has 11 heteroatoms. The van der Waals surface area contributed by atoms with E-state index in [9.17, 15) is 13.2 Å². The summed E-state index contributed by atoms with van der Waals surface area (Å²) in [6.07, 6.45) is 1.31. The quantitative estimate of drug-likeness (QED) is 0.642. The number of carbonyl (C=O) groups is 1. The highest BCUT2D eigenvalue weighted by Crippen LogP contribution is 2.28. The Morgan fingerprint density at radius 1 is 1.24 bits per heavy atom. The second-order valence-corrected chi connectivity index (χ2v) is 10.4. The predicted octanol–water partition coefficient (Wildman–Crippen LogP) is 3.53. The lowest BCUT2D eigenvalue weighted by atomic mass is 10.3. The van der Waals surface area contributed by atoms with Crippen LogP contribution in [0.5, 0.6) is 0 Å². The Labute approximate surface area is 183 Å². The summed E-state index contributed by atoms with van der Waals surface area (Å²) < 4.78 is 31.8. The van der Waals surface area contributed by atoms with Crippen LogP contribution in [-0.4, -0.2) is 55.2 Å². The Bertz CT molecular complexity index is 981. The van der Waals surface area contributed by atoms with Crippen LogP contribution in [0.15, 0.2) is 46.5 Å². The number of hydrogen-bond acceptors (Lipinski definition) is 6. The SMILES string of the molecule is C[C@H](Sc1ccc(S(=O)(=O)N2CCOCC2)cn1)C(=O)Nc1cc(Cl)ccc1Cl. The largest absolute Gasteiger partial charge is 0.379 e. The molecule has 0 spiro atoms. The van der Waals surface area contributed by atoms with E-state index in [1.165, 1.54) is 28.3 Å². The van der Waals surface area contributed by atoms with Crippen LogP contribution >= 0.6 is 35.0 Å². The number of amides is 1. The average molecular weight is 476 g/mol. The molecule has 1 aliphatic rings. The molecule has 1 aromatic heterocycles. The number of aromatic nitrogens is 1. The molecule has 1 saturated heterocycles. The molecule has 0 aliphatic carbocycles. The van der Waals surface area contributed by atoms with E-state index in [1.54, 1.807) is 31.2 Å². The van der Waals surface area contributed by atoms with Gasteiger partial charge in [0.15, 0.2) is 0 Å². The number of pyridine rings is 1. The van der Waals surface area contributed by atoms with E-state index in [4.69, 9.17) is 27.9 Å². The van der Waals surface area contributed by atoms with E-state index in [-0.39, 0.29) is 10.8 Å². The van der Waals surface area contributed by atoms with E-state index >= 15 is 0 Å². The molecular formula is C18H19Cl2N3O4S2. The number of anilines is 1. The molecule has 1 fully saturated rings. The molecule has 156 valence electrons. The highest BCUT2D eigenvalue weighted by Gasteiger charge is 2.26. The number of morpholine rings is 1. The minimum Gasteiger partial charge on any atom is -0.379 e. The molecular weight excluding hydrogens is 457 g/mol. The Hall–Kier alpha value is -1.36. The van der Waals surface area contributed by atoms with Crippen LogP contribution in [0, 0.1) is 0 Å². The molecule has 1 atom stereocenters. The summed E-state index contributed by atoms with van der Waals surface area (Å²) in [5, 5.41) is 3.62. The molecule has 3 rings (SSSR count). The van der Waals surface area contributed by atoms with Gasteiger partial charge in [0.1, 0.15) is 4.90 Å². The first-order chi connectivity index (χ1) is 13.8. The number of sulfonamides is 1. The molecule has 2 aromatic rings. The highest BCUT2D eigenvalue weighted by atomic mass is 35.5. The van der Waals surface area contributed by atoms with Crippen molar-refractivity contribution in [3.8, 4) is 0 Å². The first kappa shape index (κ1) is 22.3. The minimum atomic E-state index is -3.60. The van der Waals surface area contributed by atoms with Crippen LogP contribution in [-0.2, 0) is 19.6 Å². The summed E-state index contributed by atoms with van der Waals surface area (Å²) in [7, 11) is -3.60. The third-order valence-electron chi connectivity index (χ3n) is 4.17. The van der Waals surface area contributed by atoms with Crippen LogP contribution in [0.25, 0.3) is 0 Å². The topological polar surface area (TPSA) is 88.6 Å². The van der Waals surface area contributed by atoms with Gasteiger partial charge < -0.3 is 10.1 Å². The number of benzene rings is 1. The molecule has 1 aliphatic heterocycles. The summed E-state index contributed by atoms with van der Waals surface area (Å²) in [5.74, 6) is -0.272. The van der Waals surface area contributed by atoms with Crippen LogP contribution < -0.4 is 5.32 Å². The molecule has 0 radical (unpaired) electrons.